The number of ether oxygens (including phenoxy) is 5. The first kappa shape index (κ1) is 69.3. The van der Waals surface area contributed by atoms with Crippen molar-refractivity contribution in [1.29, 1.82) is 0 Å². The average Bonchev–Trinajstić information content (AvgIpc) is 1.59. The minimum atomic E-state index is -0.317. The minimum absolute atomic E-state index is 0. The maximum absolute atomic E-state index is 11.5. The van der Waals surface area contributed by atoms with E-state index in [4.69, 9.17) is 53.8 Å². The van der Waals surface area contributed by atoms with Crippen molar-refractivity contribution in [2.45, 2.75) is 200 Å². The van der Waals surface area contributed by atoms with Crippen molar-refractivity contribution in [3.05, 3.63) is 131 Å². The van der Waals surface area contributed by atoms with E-state index in [1.807, 2.05) is 80.1 Å². The third kappa shape index (κ3) is 14.1. The van der Waals surface area contributed by atoms with Gasteiger partial charge in [-0.05, 0) is 86.5 Å². The van der Waals surface area contributed by atoms with Crippen LogP contribution in [-0.2, 0) is 31.7 Å². The van der Waals surface area contributed by atoms with Crippen LogP contribution >= 0.6 is 40.3 Å². The molecule has 3 spiro atoms. The van der Waals surface area contributed by atoms with E-state index >= 15 is 0 Å². The number of esters is 2. The Morgan fingerprint density at radius 3 is 1.23 bits per heavy atom. The van der Waals surface area contributed by atoms with Gasteiger partial charge >= 0.3 is 41.5 Å². The number of nitrogens with two attached hydrogens (primary N) is 3. The van der Waals surface area contributed by atoms with Crippen LogP contribution in [-0.4, -0.2) is 120 Å². The molecule has 6 fully saturated rings. The van der Waals surface area contributed by atoms with Gasteiger partial charge in [-0.2, -0.15) is 12.6 Å². The number of benzene rings is 3. The molecule has 476 valence electrons. The van der Waals surface area contributed by atoms with Crippen LogP contribution in [0.3, 0.4) is 0 Å². The van der Waals surface area contributed by atoms with Crippen LogP contribution in [0.5, 0.6) is 17.2 Å². The topological polar surface area (TPSA) is 245 Å². The van der Waals surface area contributed by atoms with Crippen LogP contribution in [0.15, 0.2) is 125 Å². The summed E-state index contributed by atoms with van der Waals surface area (Å²) in [5, 5.41) is 1.36. The molecular formula is C66H84BrN12NaO7S3. The molecule has 12 atom stereocenters. The molecule has 19 nitrogen and oxygen atoms in total. The van der Waals surface area contributed by atoms with Crippen molar-refractivity contribution < 1.29 is 62.8 Å². The van der Waals surface area contributed by atoms with E-state index in [2.05, 4.69) is 91.1 Å². The molecule has 6 bridgehead atoms. The Labute approximate surface area is 575 Å². The number of thiol groups is 1. The number of hydrogen-bond donors (Lipinski definition) is 4. The fourth-order valence-electron chi connectivity index (χ4n) is 15.2. The molecule has 24 heteroatoms. The van der Waals surface area contributed by atoms with Crippen LogP contribution in [0.1, 0.15) is 153 Å². The summed E-state index contributed by atoms with van der Waals surface area (Å²) in [5.41, 5.74) is 22.5. The summed E-state index contributed by atoms with van der Waals surface area (Å²) >= 11 is 13.8. The Balaban J connectivity index is 0.000000150. The number of para-hydroxylation sites is 3. The number of piperidine rings is 3. The number of nitrogens with zero attached hydrogens (tertiary/aromatic N) is 9. The summed E-state index contributed by atoms with van der Waals surface area (Å²) in [7, 11) is 0. The monoisotopic (exact) mass is 1350 g/mol. The fourth-order valence-corrected chi connectivity index (χ4v) is 16.5. The van der Waals surface area contributed by atoms with Crippen LogP contribution in [0.2, 0.25) is 0 Å². The predicted molar refractivity (Wildman–Crippen MR) is 356 cm³/mol. The van der Waals surface area contributed by atoms with Gasteiger partial charge in [-0.15, -0.1) is 11.8 Å². The standard InChI is InChI=1S/C23H28N4O3S.C18H19BrN4O.C18H20N4OS.C5H10O2S.2CH4.Na/c1-2-29-21(28)9-10-31-20-14-25-19(13-26-20)27-15-7-8-16(27)12-23(11-15)22(24)17-5-3-4-6-18(17)30-23;19-15-9-22-16(10-21-15)23-11-5-6-12(23)8-18(7-11)17(20)13-3-1-2-4-14(13)24-18;19-17-13-3-1-2-4-14(13)23-18(17)7-11-5-6-12(8-18)22(11)15-9-21-16(24)10-20-15;1-2-7-5(6)3-4-8;;;/h3-6,13-16,22H,2,7-12,24H2,1H3;1-4,9-12,17H,5-8,20H2;1-4,9-12,17H,5-8,19H2,(H,21,24);8H,2-4H2,1H3;2*1H4;/q;;;;;;+1/p-1/t15-,16+,22-,23?;2*11-,12+,17-,18?;;;;/m111..../s1. The first-order valence-electron chi connectivity index (χ1n) is 30.5. The second-order valence-corrected chi connectivity index (χ2v) is 26.7. The Hall–Kier alpha value is -5.08. The van der Waals surface area contributed by atoms with Gasteiger partial charge in [0.25, 0.3) is 0 Å². The van der Waals surface area contributed by atoms with Gasteiger partial charge in [0.2, 0.25) is 0 Å². The molecule has 3 aromatic carbocycles. The number of carbonyl (C=O) groups is 2. The molecule has 6 aromatic rings. The molecule has 9 aliphatic rings. The van der Waals surface area contributed by atoms with E-state index in [1.54, 1.807) is 25.5 Å². The van der Waals surface area contributed by atoms with Crippen molar-refractivity contribution in [3.63, 3.8) is 0 Å². The number of thioether (sulfide) groups is 1. The smallest absolute Gasteiger partial charge is 0.759 e. The normalized spacial score (nSPS) is 28.5. The number of aromatic nitrogens is 6. The van der Waals surface area contributed by atoms with Gasteiger partial charge in [0.15, 0.2) is 0 Å². The van der Waals surface area contributed by atoms with Gasteiger partial charge < -0.3 is 68.2 Å². The fraction of sp³-hybridized carbons (Fsp3) is 0.515. The van der Waals surface area contributed by atoms with Crippen LogP contribution in [0.25, 0.3) is 0 Å². The van der Waals surface area contributed by atoms with E-state index in [1.165, 1.54) is 11.8 Å². The van der Waals surface area contributed by atoms with Gasteiger partial charge in [-0.1, -0.05) is 74.5 Å². The molecule has 0 aliphatic carbocycles. The zero-order valence-corrected chi connectivity index (χ0v) is 56.2. The van der Waals surface area contributed by atoms with Crippen LogP contribution < -0.4 is 75.7 Å². The van der Waals surface area contributed by atoms with Crippen molar-refractivity contribution in [1.82, 2.24) is 29.9 Å². The van der Waals surface area contributed by atoms with Gasteiger partial charge in [0.05, 0.1) is 75.2 Å². The van der Waals surface area contributed by atoms with Crippen LogP contribution in [0.4, 0.5) is 17.5 Å². The van der Waals surface area contributed by atoms with Gasteiger partial charge in [-0.25, -0.2) is 24.9 Å². The Bertz CT molecular complexity index is 3210. The first-order valence-corrected chi connectivity index (χ1v) is 33.3. The number of rotatable bonds is 11. The summed E-state index contributed by atoms with van der Waals surface area (Å²) in [6.07, 6.45) is 24.0. The Morgan fingerprint density at radius 1 is 0.556 bits per heavy atom. The molecule has 6 N–H and O–H groups in total. The van der Waals surface area contributed by atoms with Crippen molar-refractivity contribution in [2.75, 3.05) is 39.4 Å². The Kier molecular flexibility index (Phi) is 23.0. The van der Waals surface area contributed by atoms with Gasteiger partial charge in [-0.3, -0.25) is 14.6 Å². The summed E-state index contributed by atoms with van der Waals surface area (Å²) in [6, 6.07) is 26.7. The average molecular weight is 1360 g/mol. The molecule has 0 amide bonds. The zero-order valence-electron chi connectivity index (χ0n) is 50.1. The SMILES string of the molecule is C.C.CCOC(=O)CCS.CCOC(=O)CCSc1cnc(N2[C@@H]3CC[C@H]2CC2(C3)Oc3ccccc3[C@H]2N)cn1.N[C@@H]1c2ccccc2OC12C[C@H]1CC[C@@H](C2)N1c1cnc(Br)cn1.N[C@@H]1c2ccccc2OC12C[C@H]1CC[C@@H](C2)N1c1cnc([S-])cn1.[Na+]. The summed E-state index contributed by atoms with van der Waals surface area (Å²) in [6.45, 7) is 4.48. The van der Waals surface area contributed by atoms with E-state index in [0.29, 0.717) is 78.8 Å². The molecule has 6 saturated heterocycles. The number of anilines is 3. The van der Waals surface area contributed by atoms with E-state index in [9.17, 15) is 9.59 Å². The molecule has 90 heavy (non-hydrogen) atoms. The first-order chi connectivity index (χ1) is 42.2. The molecule has 0 saturated carbocycles. The number of halogens is 1. The molecule has 3 aromatic heterocycles. The number of carbonyl (C=O) groups excluding carboxylic acids is 2. The quantitative estimate of drug-likeness (QED) is 0.0314. The largest absolute Gasteiger partial charge is 1.00 e. The third-order valence-corrected chi connectivity index (χ3v) is 20.6. The predicted octanol–water partition coefficient (Wildman–Crippen LogP) is 8.18. The van der Waals surface area contributed by atoms with Gasteiger partial charge in [0, 0.05) is 109 Å². The molecule has 15 rings (SSSR count). The zero-order chi connectivity index (χ0) is 60.5. The summed E-state index contributed by atoms with van der Waals surface area (Å²) < 4.78 is 29.7. The van der Waals surface area contributed by atoms with Crippen molar-refractivity contribution >= 4 is 82.3 Å². The van der Waals surface area contributed by atoms with Crippen LogP contribution in [0, 0.1) is 0 Å². The molecule has 12 heterocycles. The second-order valence-electron chi connectivity index (χ2n) is 24.0. The van der Waals surface area contributed by atoms with E-state index in [-0.39, 0.29) is 91.3 Å². The number of fused-ring (bicyclic) bond motifs is 9. The maximum Gasteiger partial charge on any atom is 1.00 e. The molecule has 0 radical (unpaired) electrons. The van der Waals surface area contributed by atoms with Gasteiger partial charge in [0.1, 0.15) is 61.1 Å². The number of hydrogen-bond acceptors (Lipinski definition) is 22. The Morgan fingerprint density at radius 2 is 0.911 bits per heavy atom. The van der Waals surface area contributed by atoms with Crippen molar-refractivity contribution in [2.24, 2.45) is 17.2 Å². The minimum Gasteiger partial charge on any atom is -0.759 e. The summed E-state index contributed by atoms with van der Waals surface area (Å²) in [5.74, 6) is 6.52. The molecule has 3 unspecified atom stereocenters. The van der Waals surface area contributed by atoms with Crippen molar-refractivity contribution in [3.8, 4) is 17.2 Å². The van der Waals surface area contributed by atoms with E-state index < -0.39 is 0 Å². The molecule has 9 aliphatic heterocycles. The van der Waals surface area contributed by atoms with E-state index in [0.717, 1.165) is 138 Å². The maximum atomic E-state index is 11.5. The molecular weight excluding hydrogens is 1270 g/mol. The summed E-state index contributed by atoms with van der Waals surface area (Å²) in [4.78, 5) is 56.0. The third-order valence-electron chi connectivity index (χ3n) is 18.9. The second kappa shape index (κ2) is 29.9.